The van der Waals surface area contributed by atoms with E-state index in [1.165, 1.54) is 6.08 Å². The Kier molecular flexibility index (Phi) is 3.92. The zero-order valence-corrected chi connectivity index (χ0v) is 12.2. The molecule has 3 aromatic rings. The van der Waals surface area contributed by atoms with Crippen molar-refractivity contribution in [2.24, 2.45) is 0 Å². The molecule has 0 atom stereocenters. The van der Waals surface area contributed by atoms with Crippen LogP contribution in [-0.4, -0.2) is 22.8 Å². The van der Waals surface area contributed by atoms with Crippen molar-refractivity contribution in [2.45, 2.75) is 0 Å². The van der Waals surface area contributed by atoms with E-state index >= 15 is 0 Å². The molecule has 0 fully saturated rings. The van der Waals surface area contributed by atoms with Gasteiger partial charge in [-0.3, -0.25) is 9.78 Å². The van der Waals surface area contributed by atoms with E-state index < -0.39 is 0 Å². The van der Waals surface area contributed by atoms with Gasteiger partial charge in [-0.05, 0) is 36.4 Å². The summed E-state index contributed by atoms with van der Waals surface area (Å²) in [6.07, 6.45) is 6.48. The lowest BCUT2D eigenvalue weighted by atomic mass is 10.1. The summed E-state index contributed by atoms with van der Waals surface area (Å²) in [5.74, 6) is -0.0637. The van der Waals surface area contributed by atoms with Crippen molar-refractivity contribution in [3.05, 3.63) is 72.2 Å². The van der Waals surface area contributed by atoms with E-state index in [0.717, 1.165) is 22.3 Å². The molecule has 22 heavy (non-hydrogen) atoms. The normalized spacial score (nSPS) is 11.0. The number of pyridine rings is 2. The smallest absolute Gasteiger partial charge is 0.186 e. The van der Waals surface area contributed by atoms with Crippen molar-refractivity contribution in [2.75, 3.05) is 12.4 Å². The maximum Gasteiger partial charge on any atom is 0.186 e. The third-order valence-corrected chi connectivity index (χ3v) is 3.38. The molecule has 1 N–H and O–H groups in total. The highest BCUT2D eigenvalue weighted by molar-refractivity contribution is 6.06. The van der Waals surface area contributed by atoms with Gasteiger partial charge in [-0.2, -0.15) is 0 Å². The number of rotatable bonds is 4. The molecule has 2 aromatic heterocycles. The zero-order valence-electron chi connectivity index (χ0n) is 12.2. The first kappa shape index (κ1) is 13.9. The summed E-state index contributed by atoms with van der Waals surface area (Å²) in [7, 11) is 1.87. The van der Waals surface area contributed by atoms with Crippen molar-refractivity contribution in [1.29, 1.82) is 0 Å². The summed E-state index contributed by atoms with van der Waals surface area (Å²) in [5, 5.41) is 4.19. The van der Waals surface area contributed by atoms with Gasteiger partial charge in [0.15, 0.2) is 5.78 Å². The number of carbonyl (C=O) groups excluding carboxylic acids is 1. The molecule has 0 radical (unpaired) electrons. The van der Waals surface area contributed by atoms with Gasteiger partial charge in [-0.1, -0.05) is 18.2 Å². The summed E-state index contributed by atoms with van der Waals surface area (Å²) in [5.41, 5.74) is 3.22. The van der Waals surface area contributed by atoms with E-state index in [1.54, 1.807) is 30.6 Å². The average Bonchev–Trinajstić information content (AvgIpc) is 2.59. The summed E-state index contributed by atoms with van der Waals surface area (Å²) in [6.45, 7) is 0. The molecular formula is C18H15N3O. The number of fused-ring (bicyclic) bond motifs is 1. The Hall–Kier alpha value is -3.01. The number of para-hydroxylation sites is 1. The van der Waals surface area contributed by atoms with Gasteiger partial charge in [-0.15, -0.1) is 0 Å². The molecule has 0 bridgehead atoms. The van der Waals surface area contributed by atoms with E-state index in [9.17, 15) is 4.79 Å². The van der Waals surface area contributed by atoms with E-state index in [1.807, 2.05) is 37.4 Å². The number of ketones is 1. The molecule has 0 aliphatic rings. The fourth-order valence-corrected chi connectivity index (χ4v) is 2.23. The molecule has 1 aromatic carbocycles. The average molecular weight is 289 g/mol. The van der Waals surface area contributed by atoms with Gasteiger partial charge in [0.05, 0.1) is 16.9 Å². The predicted molar refractivity (Wildman–Crippen MR) is 88.9 cm³/mol. The Labute approximate surface area is 128 Å². The minimum Gasteiger partial charge on any atom is -0.386 e. The third kappa shape index (κ3) is 2.86. The molecule has 4 heteroatoms. The number of carbonyl (C=O) groups is 1. The maximum atomic E-state index is 12.0. The van der Waals surface area contributed by atoms with Crippen LogP contribution in [0, 0.1) is 0 Å². The molecule has 0 aliphatic carbocycles. The number of nitrogens with one attached hydrogen (secondary N) is 1. The minimum atomic E-state index is -0.0637. The second kappa shape index (κ2) is 6.18. The second-order valence-corrected chi connectivity index (χ2v) is 4.80. The van der Waals surface area contributed by atoms with E-state index in [2.05, 4.69) is 15.3 Å². The van der Waals surface area contributed by atoms with Crippen molar-refractivity contribution < 1.29 is 4.79 Å². The molecule has 0 saturated carbocycles. The molecule has 0 amide bonds. The fourth-order valence-electron chi connectivity index (χ4n) is 2.23. The van der Waals surface area contributed by atoms with Gasteiger partial charge in [0, 0.05) is 30.4 Å². The Balaban J connectivity index is 1.91. The molecule has 0 spiro atoms. The Morgan fingerprint density at radius 2 is 1.91 bits per heavy atom. The van der Waals surface area contributed by atoms with Crippen LogP contribution < -0.4 is 5.32 Å². The van der Waals surface area contributed by atoms with Crippen LogP contribution in [0.2, 0.25) is 0 Å². The van der Waals surface area contributed by atoms with Crippen molar-refractivity contribution in [3.8, 4) is 0 Å². The number of allylic oxidation sites excluding steroid dienone is 1. The highest BCUT2D eigenvalue weighted by atomic mass is 16.1. The lowest BCUT2D eigenvalue weighted by Gasteiger charge is -2.05. The van der Waals surface area contributed by atoms with Crippen LogP contribution in [0.15, 0.2) is 60.9 Å². The van der Waals surface area contributed by atoms with Crippen LogP contribution in [0.25, 0.3) is 17.0 Å². The van der Waals surface area contributed by atoms with Gasteiger partial charge in [0.1, 0.15) is 0 Å². The first-order chi connectivity index (χ1) is 10.8. The van der Waals surface area contributed by atoms with E-state index in [-0.39, 0.29) is 5.78 Å². The SMILES string of the molecule is CNc1cccc2ccc(C=CC(=O)c3ccncc3)nc12. The van der Waals surface area contributed by atoms with Crippen LogP contribution in [0.1, 0.15) is 16.1 Å². The maximum absolute atomic E-state index is 12.0. The summed E-state index contributed by atoms with van der Waals surface area (Å²) < 4.78 is 0. The predicted octanol–water partition coefficient (Wildman–Crippen LogP) is 3.57. The summed E-state index contributed by atoms with van der Waals surface area (Å²) in [6, 6.07) is 13.3. The molecule has 0 aliphatic heterocycles. The standard InChI is InChI=1S/C18H15N3O/c1-19-16-4-2-3-14-5-6-15(21-18(14)16)7-8-17(22)13-9-11-20-12-10-13/h2-12,19H,1H3. The van der Waals surface area contributed by atoms with Crippen molar-refractivity contribution >= 4 is 28.4 Å². The molecule has 2 heterocycles. The Morgan fingerprint density at radius 3 is 2.68 bits per heavy atom. The van der Waals surface area contributed by atoms with E-state index in [4.69, 9.17) is 0 Å². The monoisotopic (exact) mass is 289 g/mol. The first-order valence-electron chi connectivity index (χ1n) is 6.98. The molecule has 3 rings (SSSR count). The van der Waals surface area contributed by atoms with Gasteiger partial charge < -0.3 is 5.32 Å². The van der Waals surface area contributed by atoms with Gasteiger partial charge in [-0.25, -0.2) is 4.98 Å². The largest absolute Gasteiger partial charge is 0.386 e. The van der Waals surface area contributed by atoms with Crippen LogP contribution in [0.3, 0.4) is 0 Å². The molecule has 0 unspecified atom stereocenters. The highest BCUT2D eigenvalue weighted by Gasteiger charge is 2.03. The van der Waals surface area contributed by atoms with E-state index in [0.29, 0.717) is 5.56 Å². The van der Waals surface area contributed by atoms with Gasteiger partial charge >= 0.3 is 0 Å². The summed E-state index contributed by atoms with van der Waals surface area (Å²) >= 11 is 0. The van der Waals surface area contributed by atoms with Crippen LogP contribution in [-0.2, 0) is 0 Å². The van der Waals surface area contributed by atoms with Crippen molar-refractivity contribution in [3.63, 3.8) is 0 Å². The zero-order chi connectivity index (χ0) is 15.4. The molecular weight excluding hydrogens is 274 g/mol. The molecule has 108 valence electrons. The number of hydrogen-bond acceptors (Lipinski definition) is 4. The number of anilines is 1. The number of hydrogen-bond donors (Lipinski definition) is 1. The third-order valence-electron chi connectivity index (χ3n) is 3.38. The van der Waals surface area contributed by atoms with Crippen LogP contribution >= 0.6 is 0 Å². The first-order valence-corrected chi connectivity index (χ1v) is 6.98. The number of benzene rings is 1. The fraction of sp³-hybridized carbons (Fsp3) is 0.0556. The highest BCUT2D eigenvalue weighted by Crippen LogP contribution is 2.21. The Morgan fingerprint density at radius 1 is 1.09 bits per heavy atom. The van der Waals surface area contributed by atoms with Gasteiger partial charge in [0.25, 0.3) is 0 Å². The topological polar surface area (TPSA) is 54.9 Å². The lowest BCUT2D eigenvalue weighted by molar-refractivity contribution is 0.104. The molecule has 4 nitrogen and oxygen atoms in total. The van der Waals surface area contributed by atoms with Crippen LogP contribution in [0.4, 0.5) is 5.69 Å². The lowest BCUT2D eigenvalue weighted by Crippen LogP contribution is -1.95. The summed E-state index contributed by atoms with van der Waals surface area (Å²) in [4.78, 5) is 20.6. The minimum absolute atomic E-state index is 0.0637. The second-order valence-electron chi connectivity index (χ2n) is 4.80. The molecule has 0 saturated heterocycles. The number of nitrogens with zero attached hydrogens (tertiary/aromatic N) is 2. The number of aromatic nitrogens is 2. The Bertz CT molecular complexity index is 841. The van der Waals surface area contributed by atoms with Gasteiger partial charge in [0.2, 0.25) is 0 Å². The van der Waals surface area contributed by atoms with Crippen LogP contribution in [0.5, 0.6) is 0 Å². The quantitative estimate of drug-likeness (QED) is 0.589. The van der Waals surface area contributed by atoms with Crippen molar-refractivity contribution in [1.82, 2.24) is 9.97 Å².